The van der Waals surface area contributed by atoms with E-state index in [4.69, 9.17) is 27.9 Å². The minimum atomic E-state index is -1.07. The van der Waals surface area contributed by atoms with Crippen LogP contribution in [0.1, 0.15) is 52.0 Å². The topological polar surface area (TPSA) is 126 Å². The Morgan fingerprint density at radius 1 is 1.34 bits per heavy atom. The number of aromatic carboxylic acids is 1. The maximum atomic E-state index is 13.0. The molecule has 0 amide bonds. The van der Waals surface area contributed by atoms with Gasteiger partial charge in [-0.25, -0.2) is 19.4 Å². The molecule has 4 heterocycles. The molecule has 0 spiro atoms. The highest BCUT2D eigenvalue weighted by atomic mass is 35.5. The zero-order valence-electron chi connectivity index (χ0n) is 19.5. The standard InChI is InChI=1S/C22H26Cl2N6O4S/c1-4-7-34-14-9-30(6-5-12(14)8-13(31)17-16(24)15(23)11(2)27-17)22-28-18(19(35-22)21(32)33)20-25-10-26-29(20)3/h10,12,14,27H,4-9H2,1-3H3,(H,32,33)/t12-,14-/m0/s1. The summed E-state index contributed by atoms with van der Waals surface area (Å²) >= 11 is 13.5. The molecule has 0 aliphatic carbocycles. The molecule has 13 heteroatoms. The fourth-order valence-electron chi connectivity index (χ4n) is 4.19. The number of H-pyrrole nitrogens is 1. The highest BCUT2D eigenvalue weighted by Crippen LogP contribution is 2.36. The summed E-state index contributed by atoms with van der Waals surface area (Å²) in [7, 11) is 1.69. The molecule has 0 saturated carbocycles. The van der Waals surface area contributed by atoms with Crippen LogP contribution in [0.25, 0.3) is 11.5 Å². The van der Waals surface area contributed by atoms with Crippen LogP contribution in [0.3, 0.4) is 0 Å². The monoisotopic (exact) mass is 540 g/mol. The Morgan fingerprint density at radius 3 is 2.71 bits per heavy atom. The number of ether oxygens (including phenoxy) is 1. The van der Waals surface area contributed by atoms with E-state index in [2.05, 4.69) is 20.1 Å². The fraction of sp³-hybridized carbons (Fsp3) is 0.500. The number of hydrogen-bond donors (Lipinski definition) is 2. The van der Waals surface area contributed by atoms with E-state index in [1.165, 1.54) is 11.0 Å². The number of rotatable bonds is 9. The van der Waals surface area contributed by atoms with E-state index in [9.17, 15) is 14.7 Å². The Balaban J connectivity index is 1.55. The van der Waals surface area contributed by atoms with Crippen molar-refractivity contribution in [1.29, 1.82) is 0 Å². The van der Waals surface area contributed by atoms with E-state index >= 15 is 0 Å². The van der Waals surface area contributed by atoms with Crippen molar-refractivity contribution in [3.63, 3.8) is 0 Å². The van der Waals surface area contributed by atoms with Crippen molar-refractivity contribution in [2.24, 2.45) is 13.0 Å². The lowest BCUT2D eigenvalue weighted by atomic mass is 9.88. The van der Waals surface area contributed by atoms with Crippen LogP contribution < -0.4 is 4.90 Å². The van der Waals surface area contributed by atoms with E-state index in [1.807, 2.05) is 11.8 Å². The Kier molecular flexibility index (Phi) is 7.80. The summed E-state index contributed by atoms with van der Waals surface area (Å²) in [5, 5.41) is 14.9. The van der Waals surface area contributed by atoms with Gasteiger partial charge >= 0.3 is 5.97 Å². The molecule has 0 unspecified atom stereocenters. The average Bonchev–Trinajstić information content (AvgIpc) is 3.52. The van der Waals surface area contributed by atoms with Gasteiger partial charge in [-0.2, -0.15) is 5.10 Å². The average molecular weight is 541 g/mol. The highest BCUT2D eigenvalue weighted by molar-refractivity contribution is 7.17. The van der Waals surface area contributed by atoms with Gasteiger partial charge in [-0.05, 0) is 25.7 Å². The Hall–Kier alpha value is -2.47. The molecule has 1 saturated heterocycles. The predicted molar refractivity (Wildman–Crippen MR) is 134 cm³/mol. The summed E-state index contributed by atoms with van der Waals surface area (Å²) in [6, 6.07) is 0. The number of Topliss-reactive ketones (excluding diaryl/α,β-unsaturated/α-hetero) is 1. The molecule has 1 fully saturated rings. The molecule has 1 aliphatic heterocycles. The minimum Gasteiger partial charge on any atom is -0.477 e. The van der Waals surface area contributed by atoms with E-state index in [0.29, 0.717) is 53.5 Å². The Labute approximate surface area is 216 Å². The molecule has 10 nitrogen and oxygen atoms in total. The lowest BCUT2D eigenvalue weighted by Gasteiger charge is -2.38. The largest absolute Gasteiger partial charge is 0.477 e. The third-order valence-electron chi connectivity index (χ3n) is 6.02. The number of nitrogens with zero attached hydrogens (tertiary/aromatic N) is 5. The molecule has 2 atom stereocenters. The molecule has 3 aromatic rings. The Bertz CT molecular complexity index is 1240. The van der Waals surface area contributed by atoms with Crippen LogP contribution in [0.15, 0.2) is 6.33 Å². The number of ketones is 1. The molecule has 4 rings (SSSR count). The Morgan fingerprint density at radius 2 is 2.11 bits per heavy atom. The molecule has 3 aromatic heterocycles. The second-order valence-corrected chi connectivity index (χ2v) is 10.2. The SMILES string of the molecule is CCCO[C@H]1CN(c2nc(-c3ncnn3C)c(C(=O)O)s2)CC[C@H]1CC(=O)c1[nH]c(C)c(Cl)c1Cl. The van der Waals surface area contributed by atoms with Crippen molar-refractivity contribution in [1.82, 2.24) is 24.7 Å². The van der Waals surface area contributed by atoms with Crippen LogP contribution in [0.4, 0.5) is 5.13 Å². The first-order valence-corrected chi connectivity index (χ1v) is 12.8. The molecule has 0 radical (unpaired) electrons. The maximum Gasteiger partial charge on any atom is 0.348 e. The molecule has 2 N–H and O–H groups in total. The molecule has 1 aliphatic rings. The predicted octanol–water partition coefficient (Wildman–Crippen LogP) is 4.47. The van der Waals surface area contributed by atoms with Gasteiger partial charge in [-0.15, -0.1) is 0 Å². The third-order valence-corrected chi connectivity index (χ3v) is 8.07. The van der Waals surface area contributed by atoms with Crippen LogP contribution in [0.5, 0.6) is 0 Å². The number of aryl methyl sites for hydroxylation is 2. The van der Waals surface area contributed by atoms with Crippen molar-refractivity contribution >= 4 is 51.4 Å². The number of carboxylic acid groups (broad SMARTS) is 1. The number of aromatic amines is 1. The molecule has 0 aromatic carbocycles. The molecule has 35 heavy (non-hydrogen) atoms. The van der Waals surface area contributed by atoms with E-state index in [1.54, 1.807) is 14.0 Å². The van der Waals surface area contributed by atoms with Gasteiger partial charge < -0.3 is 19.7 Å². The van der Waals surface area contributed by atoms with Crippen molar-refractivity contribution < 1.29 is 19.4 Å². The first kappa shape index (κ1) is 25.6. The number of nitrogens with one attached hydrogen (secondary N) is 1. The van der Waals surface area contributed by atoms with E-state index in [0.717, 1.165) is 17.8 Å². The number of carboxylic acids is 1. The fourth-order valence-corrected chi connectivity index (χ4v) is 5.56. The lowest BCUT2D eigenvalue weighted by Crippen LogP contribution is -2.46. The number of halogens is 2. The van der Waals surface area contributed by atoms with Crippen molar-refractivity contribution in [3.8, 4) is 11.5 Å². The minimum absolute atomic E-state index is 0.0270. The summed E-state index contributed by atoms with van der Waals surface area (Å²) in [5.74, 6) is -0.815. The van der Waals surface area contributed by atoms with Gasteiger partial charge in [0.2, 0.25) is 0 Å². The van der Waals surface area contributed by atoms with Crippen LogP contribution in [-0.2, 0) is 11.8 Å². The summed E-state index contributed by atoms with van der Waals surface area (Å²) in [5.41, 5.74) is 1.27. The second kappa shape index (κ2) is 10.7. The van der Waals surface area contributed by atoms with Gasteiger partial charge in [0.1, 0.15) is 22.6 Å². The zero-order chi connectivity index (χ0) is 25.3. The van der Waals surface area contributed by atoms with Gasteiger partial charge in [-0.3, -0.25) is 4.79 Å². The van der Waals surface area contributed by atoms with Gasteiger partial charge in [0, 0.05) is 38.9 Å². The number of piperidine rings is 1. The van der Waals surface area contributed by atoms with Gasteiger partial charge in [-0.1, -0.05) is 41.5 Å². The number of carbonyl (C=O) groups excluding carboxylic acids is 1. The van der Waals surface area contributed by atoms with Crippen molar-refractivity contribution in [2.45, 2.75) is 39.2 Å². The summed E-state index contributed by atoms with van der Waals surface area (Å²) in [4.78, 5) is 38.8. The number of thiazole rings is 1. The van der Waals surface area contributed by atoms with Crippen LogP contribution in [0, 0.1) is 12.8 Å². The summed E-state index contributed by atoms with van der Waals surface area (Å²) < 4.78 is 7.64. The zero-order valence-corrected chi connectivity index (χ0v) is 21.9. The highest BCUT2D eigenvalue weighted by Gasteiger charge is 2.35. The molecular weight excluding hydrogens is 515 g/mol. The van der Waals surface area contributed by atoms with Crippen molar-refractivity contribution in [2.75, 3.05) is 24.6 Å². The van der Waals surface area contributed by atoms with Crippen LogP contribution in [-0.4, -0.2) is 67.4 Å². The van der Waals surface area contributed by atoms with Crippen LogP contribution in [0.2, 0.25) is 10.0 Å². The quantitative estimate of drug-likeness (QED) is 0.380. The van der Waals surface area contributed by atoms with Crippen molar-refractivity contribution in [3.05, 3.63) is 32.6 Å². The normalized spacial score (nSPS) is 18.3. The first-order chi connectivity index (χ1) is 16.7. The van der Waals surface area contributed by atoms with E-state index < -0.39 is 5.97 Å². The molecule has 0 bridgehead atoms. The number of carbonyl (C=O) groups is 2. The van der Waals surface area contributed by atoms with Gasteiger partial charge in [0.25, 0.3) is 0 Å². The number of aromatic nitrogens is 5. The number of anilines is 1. The third kappa shape index (κ3) is 5.23. The lowest BCUT2D eigenvalue weighted by molar-refractivity contribution is 0.00383. The molecular formula is C22H26Cl2N6O4S. The smallest absolute Gasteiger partial charge is 0.348 e. The second-order valence-electron chi connectivity index (χ2n) is 8.47. The van der Waals surface area contributed by atoms with E-state index in [-0.39, 0.29) is 39.8 Å². The number of hydrogen-bond acceptors (Lipinski definition) is 8. The first-order valence-electron chi connectivity index (χ1n) is 11.2. The van der Waals surface area contributed by atoms with Gasteiger partial charge in [0.05, 0.1) is 16.1 Å². The van der Waals surface area contributed by atoms with Crippen LogP contribution >= 0.6 is 34.5 Å². The summed E-state index contributed by atoms with van der Waals surface area (Å²) in [6.45, 7) is 5.44. The summed E-state index contributed by atoms with van der Waals surface area (Å²) in [6.07, 6.45) is 2.91. The van der Waals surface area contributed by atoms with Gasteiger partial charge in [0.15, 0.2) is 16.7 Å². The maximum absolute atomic E-state index is 13.0. The molecule has 188 valence electrons.